The molecule has 0 saturated heterocycles. The van der Waals surface area contributed by atoms with Gasteiger partial charge in [0, 0.05) is 11.5 Å². The molecule has 0 aromatic rings. The van der Waals surface area contributed by atoms with Crippen molar-refractivity contribution in [3.05, 3.63) is 23.3 Å². The lowest BCUT2D eigenvalue weighted by molar-refractivity contribution is -0.133. The summed E-state index contributed by atoms with van der Waals surface area (Å²) in [5, 5.41) is 12.7. The molecule has 1 amide bonds. The van der Waals surface area contributed by atoms with E-state index < -0.39 is 11.5 Å². The number of carboxylic acid groups (broad SMARTS) is 1. The minimum absolute atomic E-state index is 0.0411. The Bertz CT molecular complexity index is 917. The lowest BCUT2D eigenvalue weighted by Crippen LogP contribution is -2.53. The number of nitrogens with one attached hydrogen (secondary N) is 1. The molecule has 4 aliphatic carbocycles. The van der Waals surface area contributed by atoms with Crippen molar-refractivity contribution in [2.24, 2.45) is 34.5 Å². The van der Waals surface area contributed by atoms with E-state index in [4.69, 9.17) is 0 Å². The third-order valence-electron chi connectivity index (χ3n) is 9.23. The Hall–Kier alpha value is -2.02. The molecule has 0 unspecified atom stereocenters. The van der Waals surface area contributed by atoms with Crippen LogP contribution in [0.2, 0.25) is 0 Å². The summed E-state index contributed by atoms with van der Waals surface area (Å²) >= 11 is 0. The van der Waals surface area contributed by atoms with Crippen molar-refractivity contribution in [1.82, 2.24) is 5.32 Å². The molecule has 0 heterocycles. The van der Waals surface area contributed by atoms with Gasteiger partial charge in [-0.2, -0.15) is 0 Å². The fourth-order valence-electron chi connectivity index (χ4n) is 7.66. The summed E-state index contributed by atoms with van der Waals surface area (Å²) in [5.74, 6) is 7.23. The second kappa shape index (κ2) is 7.54. The van der Waals surface area contributed by atoms with Gasteiger partial charge in [0.15, 0.2) is 0 Å². The van der Waals surface area contributed by atoms with E-state index in [1.54, 1.807) is 0 Å². The topological polar surface area (TPSA) is 66.4 Å². The summed E-state index contributed by atoms with van der Waals surface area (Å²) in [4.78, 5) is 24.8. The van der Waals surface area contributed by atoms with Crippen molar-refractivity contribution in [1.29, 1.82) is 0 Å². The minimum atomic E-state index is -0.776. The normalized spacial score (nSPS) is 39.0. The summed E-state index contributed by atoms with van der Waals surface area (Å²) in [7, 11) is 0. The van der Waals surface area contributed by atoms with Gasteiger partial charge in [0.1, 0.15) is 0 Å². The van der Waals surface area contributed by atoms with Gasteiger partial charge in [0.05, 0.1) is 5.54 Å². The van der Waals surface area contributed by atoms with Crippen LogP contribution in [0.1, 0.15) is 79.6 Å². The lowest BCUT2D eigenvalue weighted by atomic mass is 9.48. The molecule has 2 fully saturated rings. The summed E-state index contributed by atoms with van der Waals surface area (Å²) in [6.45, 7) is 10.5. The second-order valence-electron chi connectivity index (χ2n) is 11.3. The lowest BCUT2D eigenvalue weighted by Gasteiger charge is -2.57. The van der Waals surface area contributed by atoms with Crippen LogP contribution in [0.25, 0.3) is 0 Å². The van der Waals surface area contributed by atoms with Crippen LogP contribution >= 0.6 is 0 Å². The van der Waals surface area contributed by atoms with Gasteiger partial charge in [0.25, 0.3) is 0 Å². The van der Waals surface area contributed by atoms with Gasteiger partial charge in [-0.05, 0) is 106 Å². The maximum atomic E-state index is 13.3. The van der Waals surface area contributed by atoms with Gasteiger partial charge < -0.3 is 10.4 Å². The zero-order chi connectivity index (χ0) is 22.6. The standard InChI is InChI=1S/C27H37NO3/c1-6-13-25(2,3)28-23(29)22-10-9-20-19-8-7-18-16-17(24(30)31)11-14-26(18,4)21(19)12-15-27(20,22)5/h7,16,19-22H,8-12,14-15H2,1-5H3,(H,28,29)(H,30,31)/t19-,20-,21-,22+,26-,27-/m0/s1. The van der Waals surface area contributed by atoms with Crippen molar-refractivity contribution in [2.75, 3.05) is 0 Å². The smallest absolute Gasteiger partial charge is 0.331 e. The molecule has 2 saturated carbocycles. The molecule has 6 atom stereocenters. The van der Waals surface area contributed by atoms with Crippen LogP contribution in [-0.4, -0.2) is 22.5 Å². The Kier molecular flexibility index (Phi) is 5.39. The van der Waals surface area contributed by atoms with Gasteiger partial charge in [-0.15, -0.1) is 5.92 Å². The maximum absolute atomic E-state index is 13.3. The van der Waals surface area contributed by atoms with Crippen molar-refractivity contribution in [2.45, 2.75) is 85.1 Å². The van der Waals surface area contributed by atoms with Gasteiger partial charge >= 0.3 is 5.97 Å². The van der Waals surface area contributed by atoms with E-state index >= 15 is 0 Å². The number of hydrogen-bond donors (Lipinski definition) is 2. The Morgan fingerprint density at radius 3 is 2.58 bits per heavy atom. The monoisotopic (exact) mass is 423 g/mol. The number of amides is 1. The first-order valence-electron chi connectivity index (χ1n) is 11.9. The van der Waals surface area contributed by atoms with Gasteiger partial charge in [-0.25, -0.2) is 4.79 Å². The molecule has 2 N–H and O–H groups in total. The first kappa shape index (κ1) is 22.2. The predicted octanol–water partition coefficient (Wildman–Crippen LogP) is 5.10. The molecule has 0 spiro atoms. The molecule has 0 aromatic carbocycles. The molecule has 0 bridgehead atoms. The van der Waals surface area contributed by atoms with E-state index in [1.807, 2.05) is 26.8 Å². The fourth-order valence-corrected chi connectivity index (χ4v) is 7.66. The van der Waals surface area contributed by atoms with Crippen molar-refractivity contribution in [3.8, 4) is 11.8 Å². The molecule has 31 heavy (non-hydrogen) atoms. The number of carbonyl (C=O) groups is 2. The van der Waals surface area contributed by atoms with E-state index in [9.17, 15) is 14.7 Å². The Morgan fingerprint density at radius 2 is 1.90 bits per heavy atom. The summed E-state index contributed by atoms with van der Waals surface area (Å²) in [6.07, 6.45) is 11.2. The average Bonchev–Trinajstić information content (AvgIpc) is 3.04. The Balaban J connectivity index is 1.58. The van der Waals surface area contributed by atoms with E-state index in [1.165, 1.54) is 5.57 Å². The number of aliphatic carboxylic acids is 1. The van der Waals surface area contributed by atoms with E-state index in [2.05, 4.69) is 37.1 Å². The molecule has 4 aliphatic rings. The number of fused-ring (bicyclic) bond motifs is 5. The SMILES string of the molecule is CC#CC(C)(C)NC(=O)[C@H]1CC[C@H]2[C@@H]3CC=C4C=C(C(=O)O)CC[C@]4(C)[C@H]3CC[C@]12C. The molecule has 0 radical (unpaired) electrons. The number of rotatable bonds is 3. The number of hydrogen-bond acceptors (Lipinski definition) is 2. The zero-order valence-electron chi connectivity index (χ0n) is 19.7. The van der Waals surface area contributed by atoms with Crippen LogP contribution in [0.3, 0.4) is 0 Å². The zero-order valence-corrected chi connectivity index (χ0v) is 19.7. The predicted molar refractivity (Wildman–Crippen MR) is 122 cm³/mol. The second-order valence-corrected chi connectivity index (χ2v) is 11.3. The minimum Gasteiger partial charge on any atom is -0.478 e. The van der Waals surface area contributed by atoms with E-state index in [0.29, 0.717) is 29.7 Å². The molecule has 4 nitrogen and oxygen atoms in total. The third kappa shape index (κ3) is 3.55. The largest absolute Gasteiger partial charge is 0.478 e. The van der Waals surface area contributed by atoms with Crippen LogP contribution in [0.5, 0.6) is 0 Å². The highest BCUT2D eigenvalue weighted by Crippen LogP contribution is 2.66. The van der Waals surface area contributed by atoms with E-state index in [-0.39, 0.29) is 22.7 Å². The van der Waals surface area contributed by atoms with Crippen molar-refractivity contribution < 1.29 is 14.7 Å². The first-order chi connectivity index (χ1) is 14.5. The maximum Gasteiger partial charge on any atom is 0.331 e. The van der Waals surface area contributed by atoms with Gasteiger partial charge in [-0.3, -0.25) is 4.79 Å². The molecular formula is C27H37NO3. The molecule has 168 valence electrons. The molecule has 4 rings (SSSR count). The third-order valence-corrected chi connectivity index (χ3v) is 9.23. The Morgan fingerprint density at radius 1 is 1.16 bits per heavy atom. The quantitative estimate of drug-likeness (QED) is 0.620. The molecule has 0 aromatic heterocycles. The van der Waals surface area contributed by atoms with Crippen LogP contribution in [0.4, 0.5) is 0 Å². The van der Waals surface area contributed by atoms with Crippen LogP contribution in [-0.2, 0) is 9.59 Å². The van der Waals surface area contributed by atoms with Crippen molar-refractivity contribution in [3.63, 3.8) is 0 Å². The highest BCUT2D eigenvalue weighted by molar-refractivity contribution is 5.87. The van der Waals surface area contributed by atoms with Crippen LogP contribution in [0, 0.1) is 46.3 Å². The molecule has 4 heteroatoms. The highest BCUT2D eigenvalue weighted by atomic mass is 16.4. The summed E-state index contributed by atoms with van der Waals surface area (Å²) in [6, 6.07) is 0. The summed E-state index contributed by atoms with van der Waals surface area (Å²) < 4.78 is 0. The average molecular weight is 424 g/mol. The van der Waals surface area contributed by atoms with Gasteiger partial charge in [-0.1, -0.05) is 25.8 Å². The van der Waals surface area contributed by atoms with Crippen molar-refractivity contribution >= 4 is 11.9 Å². The van der Waals surface area contributed by atoms with Gasteiger partial charge in [0.2, 0.25) is 5.91 Å². The van der Waals surface area contributed by atoms with Crippen LogP contribution in [0.15, 0.2) is 23.3 Å². The Labute approximate surface area is 186 Å². The number of carboxylic acids is 1. The first-order valence-corrected chi connectivity index (χ1v) is 11.9. The molecular weight excluding hydrogens is 386 g/mol. The number of allylic oxidation sites excluding steroid dienone is 3. The van der Waals surface area contributed by atoms with Crippen LogP contribution < -0.4 is 5.32 Å². The molecule has 0 aliphatic heterocycles. The number of carbonyl (C=O) groups excluding carboxylic acids is 1. The van der Waals surface area contributed by atoms with E-state index in [0.717, 1.165) is 38.5 Å². The summed E-state index contributed by atoms with van der Waals surface area (Å²) in [5.41, 5.74) is 1.41. The fraction of sp³-hybridized carbons (Fsp3) is 0.704. The highest BCUT2D eigenvalue weighted by Gasteiger charge is 2.59.